The fourth-order valence-corrected chi connectivity index (χ4v) is 1.31. The van der Waals surface area contributed by atoms with Gasteiger partial charge in [0.15, 0.2) is 0 Å². The predicted molar refractivity (Wildman–Crippen MR) is 57.0 cm³/mol. The maximum Gasteiger partial charge on any atom is 0.0443 e. The zero-order valence-electron chi connectivity index (χ0n) is 9.05. The molecule has 0 unspecified atom stereocenters. The molecule has 3 nitrogen and oxygen atoms in total. The van der Waals surface area contributed by atoms with Crippen molar-refractivity contribution in [2.75, 3.05) is 39.3 Å². The molecule has 3 heteroatoms. The third-order valence-electron chi connectivity index (χ3n) is 2.10. The smallest absolute Gasteiger partial charge is 0.0443 e. The van der Waals surface area contributed by atoms with Crippen LogP contribution in [0.5, 0.6) is 0 Å². The van der Waals surface area contributed by atoms with Crippen LogP contribution in [0.4, 0.5) is 0 Å². The lowest BCUT2D eigenvalue weighted by molar-refractivity contribution is 0.273. The molecule has 0 rings (SSSR count). The normalized spacial score (nSPS) is 11.1. The van der Waals surface area contributed by atoms with E-state index in [-0.39, 0.29) is 0 Å². The highest BCUT2D eigenvalue weighted by molar-refractivity contribution is 4.56. The summed E-state index contributed by atoms with van der Waals surface area (Å²) in [5.41, 5.74) is 0. The van der Waals surface area contributed by atoms with Crippen molar-refractivity contribution in [2.45, 2.75) is 26.7 Å². The molecule has 2 N–H and O–H groups in total. The van der Waals surface area contributed by atoms with Gasteiger partial charge in [-0.25, -0.2) is 0 Å². The Morgan fingerprint density at radius 3 is 2.46 bits per heavy atom. The molecule has 13 heavy (non-hydrogen) atoms. The van der Waals surface area contributed by atoms with E-state index in [1.807, 2.05) is 0 Å². The molecule has 0 atom stereocenters. The maximum atomic E-state index is 8.55. The Hall–Kier alpha value is -0.120. The first-order valence-electron chi connectivity index (χ1n) is 5.39. The Kier molecular flexibility index (Phi) is 9.87. The van der Waals surface area contributed by atoms with Crippen LogP contribution in [-0.4, -0.2) is 49.3 Å². The number of aliphatic hydroxyl groups is 1. The summed E-state index contributed by atoms with van der Waals surface area (Å²) in [7, 11) is 0. The first kappa shape index (κ1) is 12.9. The number of hydrogen-bond acceptors (Lipinski definition) is 3. The highest BCUT2D eigenvalue weighted by Gasteiger charge is 1.98. The Morgan fingerprint density at radius 2 is 1.92 bits per heavy atom. The highest BCUT2D eigenvalue weighted by Crippen LogP contribution is 1.88. The van der Waals surface area contributed by atoms with E-state index in [0.717, 1.165) is 32.6 Å². The monoisotopic (exact) mass is 188 g/mol. The number of likely N-dealkylation sites (N-methyl/N-ethyl adjacent to an activating group) is 1. The van der Waals surface area contributed by atoms with Crippen molar-refractivity contribution in [1.82, 2.24) is 10.2 Å². The van der Waals surface area contributed by atoms with Crippen LogP contribution in [0, 0.1) is 0 Å². The fourth-order valence-electron chi connectivity index (χ4n) is 1.31. The average Bonchev–Trinajstić information content (AvgIpc) is 2.16. The molecule has 80 valence electrons. The summed E-state index contributed by atoms with van der Waals surface area (Å²) in [6.07, 6.45) is 2.09. The van der Waals surface area contributed by atoms with Crippen molar-refractivity contribution in [3.05, 3.63) is 0 Å². The topological polar surface area (TPSA) is 35.5 Å². The number of aliphatic hydroxyl groups excluding tert-OH is 1. The zero-order chi connectivity index (χ0) is 9.94. The lowest BCUT2D eigenvalue weighted by Gasteiger charge is -2.19. The van der Waals surface area contributed by atoms with Crippen molar-refractivity contribution < 1.29 is 5.11 Å². The zero-order valence-corrected chi connectivity index (χ0v) is 9.05. The highest BCUT2D eigenvalue weighted by atomic mass is 16.3. The van der Waals surface area contributed by atoms with Gasteiger partial charge in [-0.15, -0.1) is 0 Å². The minimum Gasteiger partial charge on any atom is -0.396 e. The van der Waals surface area contributed by atoms with Crippen LogP contribution in [0.25, 0.3) is 0 Å². The molecule has 0 aromatic carbocycles. The predicted octanol–water partition coefficient (Wildman–Crippen LogP) is 0.690. The maximum absolute atomic E-state index is 8.55. The van der Waals surface area contributed by atoms with Crippen molar-refractivity contribution in [3.63, 3.8) is 0 Å². The van der Waals surface area contributed by atoms with Crippen molar-refractivity contribution in [1.29, 1.82) is 0 Å². The van der Waals surface area contributed by atoms with Crippen LogP contribution in [0.1, 0.15) is 26.7 Å². The van der Waals surface area contributed by atoms with Gasteiger partial charge >= 0.3 is 0 Å². The molecule has 0 spiro atoms. The largest absolute Gasteiger partial charge is 0.396 e. The summed E-state index contributed by atoms with van der Waals surface area (Å²) in [4.78, 5) is 2.44. The second-order valence-electron chi connectivity index (χ2n) is 3.26. The minimum atomic E-state index is 0.291. The summed E-state index contributed by atoms with van der Waals surface area (Å²) in [6, 6.07) is 0. The number of nitrogens with one attached hydrogen (secondary N) is 1. The lowest BCUT2D eigenvalue weighted by Crippen LogP contribution is -2.33. The molecule has 0 aromatic rings. The second kappa shape index (κ2) is 9.96. The minimum absolute atomic E-state index is 0.291. The van der Waals surface area contributed by atoms with Gasteiger partial charge in [0.2, 0.25) is 0 Å². The summed E-state index contributed by atoms with van der Waals surface area (Å²) in [5.74, 6) is 0. The molecular formula is C10H24N2O. The molecule has 0 saturated heterocycles. The van der Waals surface area contributed by atoms with Crippen LogP contribution in [0.2, 0.25) is 0 Å². The number of rotatable bonds is 9. The van der Waals surface area contributed by atoms with Gasteiger partial charge in [-0.2, -0.15) is 0 Å². The first-order valence-corrected chi connectivity index (χ1v) is 5.39. The van der Waals surface area contributed by atoms with Gasteiger partial charge < -0.3 is 15.3 Å². The molecule has 0 aliphatic carbocycles. The average molecular weight is 188 g/mol. The van der Waals surface area contributed by atoms with E-state index in [1.54, 1.807) is 0 Å². The van der Waals surface area contributed by atoms with E-state index in [0.29, 0.717) is 6.61 Å². The molecular weight excluding hydrogens is 164 g/mol. The van der Waals surface area contributed by atoms with Crippen LogP contribution >= 0.6 is 0 Å². The quantitative estimate of drug-likeness (QED) is 0.523. The molecule has 0 bridgehead atoms. The Balaban J connectivity index is 3.17. The van der Waals surface area contributed by atoms with E-state index in [1.165, 1.54) is 13.0 Å². The third-order valence-corrected chi connectivity index (χ3v) is 2.10. The van der Waals surface area contributed by atoms with Crippen LogP contribution in [-0.2, 0) is 0 Å². The number of hydrogen-bond donors (Lipinski definition) is 2. The van der Waals surface area contributed by atoms with Gasteiger partial charge in [0.25, 0.3) is 0 Å². The van der Waals surface area contributed by atoms with Crippen molar-refractivity contribution >= 4 is 0 Å². The second-order valence-corrected chi connectivity index (χ2v) is 3.26. The SMILES string of the molecule is CCCN(CC)CCNCCCO. The Labute approximate surface area is 82.1 Å². The Morgan fingerprint density at radius 1 is 1.15 bits per heavy atom. The van der Waals surface area contributed by atoms with E-state index in [4.69, 9.17) is 5.11 Å². The molecule has 0 aliphatic heterocycles. The lowest BCUT2D eigenvalue weighted by atomic mass is 10.4. The molecule has 0 amide bonds. The molecule has 0 aromatic heterocycles. The molecule has 0 saturated carbocycles. The summed E-state index contributed by atoms with van der Waals surface area (Å²) >= 11 is 0. The summed E-state index contributed by atoms with van der Waals surface area (Å²) in [6.45, 7) is 10.1. The van der Waals surface area contributed by atoms with E-state index in [2.05, 4.69) is 24.1 Å². The molecule has 0 aliphatic rings. The van der Waals surface area contributed by atoms with Gasteiger partial charge in [0.05, 0.1) is 0 Å². The van der Waals surface area contributed by atoms with Crippen molar-refractivity contribution in [3.8, 4) is 0 Å². The van der Waals surface area contributed by atoms with Gasteiger partial charge in [-0.05, 0) is 32.5 Å². The Bertz CT molecular complexity index is 98.9. The molecule has 0 heterocycles. The molecule has 0 radical (unpaired) electrons. The van der Waals surface area contributed by atoms with Gasteiger partial charge in [-0.1, -0.05) is 13.8 Å². The first-order chi connectivity index (χ1) is 6.35. The van der Waals surface area contributed by atoms with E-state index in [9.17, 15) is 0 Å². The van der Waals surface area contributed by atoms with Crippen LogP contribution in [0.15, 0.2) is 0 Å². The summed E-state index contributed by atoms with van der Waals surface area (Å²) < 4.78 is 0. The fraction of sp³-hybridized carbons (Fsp3) is 1.00. The van der Waals surface area contributed by atoms with Gasteiger partial charge in [0.1, 0.15) is 0 Å². The van der Waals surface area contributed by atoms with Crippen molar-refractivity contribution in [2.24, 2.45) is 0 Å². The molecule has 0 fully saturated rings. The standard InChI is InChI=1S/C10H24N2O/c1-3-8-12(4-2)9-7-11-6-5-10-13/h11,13H,3-10H2,1-2H3. The number of nitrogens with zero attached hydrogens (tertiary/aromatic N) is 1. The van der Waals surface area contributed by atoms with Gasteiger partial charge in [0, 0.05) is 19.7 Å². The van der Waals surface area contributed by atoms with E-state index >= 15 is 0 Å². The van der Waals surface area contributed by atoms with Gasteiger partial charge in [-0.3, -0.25) is 0 Å². The third kappa shape index (κ3) is 8.22. The van der Waals surface area contributed by atoms with Crippen LogP contribution < -0.4 is 5.32 Å². The summed E-state index contributed by atoms with van der Waals surface area (Å²) in [5, 5.41) is 11.9. The van der Waals surface area contributed by atoms with E-state index < -0.39 is 0 Å². The van der Waals surface area contributed by atoms with Crippen LogP contribution in [0.3, 0.4) is 0 Å².